The van der Waals surface area contributed by atoms with E-state index in [1.54, 1.807) is 19.1 Å². The van der Waals surface area contributed by atoms with Crippen LogP contribution in [0.1, 0.15) is 26.0 Å². The quantitative estimate of drug-likeness (QED) is 0.792. The Morgan fingerprint density at radius 3 is 2.67 bits per heavy atom. The van der Waals surface area contributed by atoms with Crippen LogP contribution in [0.4, 0.5) is 9.18 Å². The second-order valence-electron chi connectivity index (χ2n) is 2.82. The molecule has 3 nitrogen and oxygen atoms in total. The lowest BCUT2D eigenvalue weighted by Gasteiger charge is -2.14. The summed E-state index contributed by atoms with van der Waals surface area (Å²) in [4.78, 5) is 10.5. The molecule has 0 spiro atoms. The van der Waals surface area contributed by atoms with Crippen LogP contribution in [0.15, 0.2) is 18.2 Å². The molecule has 0 fully saturated rings. The van der Waals surface area contributed by atoms with E-state index in [-0.39, 0.29) is 7.43 Å². The van der Waals surface area contributed by atoms with Gasteiger partial charge in [-0.05, 0) is 18.3 Å². The lowest BCUT2D eigenvalue weighted by atomic mass is 10.1. The van der Waals surface area contributed by atoms with Crippen LogP contribution in [0.5, 0.6) is 0 Å². The molecule has 2 N–H and O–H groups in total. The molecule has 84 valence electrons. The molecule has 0 radical (unpaired) electrons. The Morgan fingerprint density at radius 1 is 1.60 bits per heavy atom. The van der Waals surface area contributed by atoms with E-state index in [1.165, 1.54) is 6.07 Å². The van der Waals surface area contributed by atoms with E-state index >= 15 is 0 Å². The summed E-state index contributed by atoms with van der Waals surface area (Å²) in [5, 5.41) is 0.652. The largest absolute Gasteiger partial charge is 0.442 e. The van der Waals surface area contributed by atoms with Gasteiger partial charge in [-0.15, -0.1) is 9.24 Å². The minimum Gasteiger partial charge on any atom is -0.442 e. The highest BCUT2D eigenvalue weighted by molar-refractivity contribution is 7.27. The lowest BCUT2D eigenvalue weighted by molar-refractivity contribution is 0.115. The summed E-state index contributed by atoms with van der Waals surface area (Å²) in [7, 11) is 2.38. The number of nitrogens with two attached hydrogens (primary N) is 1. The van der Waals surface area contributed by atoms with Crippen LogP contribution in [-0.4, -0.2) is 6.09 Å². The van der Waals surface area contributed by atoms with Crippen molar-refractivity contribution in [2.75, 3.05) is 0 Å². The monoisotopic (exact) mass is 231 g/mol. The number of halogens is 1. The van der Waals surface area contributed by atoms with Gasteiger partial charge in [0, 0.05) is 5.56 Å². The summed E-state index contributed by atoms with van der Waals surface area (Å²) in [5.74, 6) is -0.411. The number of benzene rings is 1. The first kappa shape index (κ1) is 13.8. The van der Waals surface area contributed by atoms with Gasteiger partial charge in [-0.2, -0.15) is 0 Å². The maximum absolute atomic E-state index is 13.3. The lowest BCUT2D eigenvalue weighted by Crippen LogP contribution is -2.19. The average Bonchev–Trinajstić information content (AvgIpc) is 2.01. The van der Waals surface area contributed by atoms with E-state index in [1.807, 2.05) is 0 Å². The highest BCUT2D eigenvalue weighted by atomic mass is 31.0. The highest BCUT2D eigenvalue weighted by Crippen LogP contribution is 2.19. The normalized spacial score (nSPS) is 11.4. The van der Waals surface area contributed by atoms with Crippen LogP contribution >= 0.6 is 9.24 Å². The molecule has 1 aromatic carbocycles. The molecule has 0 heterocycles. The second kappa shape index (κ2) is 5.66. The zero-order valence-electron chi connectivity index (χ0n) is 7.66. The third-order valence-corrected chi connectivity index (χ3v) is 2.29. The van der Waals surface area contributed by atoms with Gasteiger partial charge in [0.05, 0.1) is 0 Å². The Labute approximate surface area is 91.0 Å². The van der Waals surface area contributed by atoms with Crippen LogP contribution in [0.2, 0.25) is 0 Å². The standard InChI is InChI=1S/C9H11FNO2P.CH4/c1-5(13-9(11)12)8-6(10)3-2-4-7(8)14;/h2-5H,14H2,1H3,(H2,11,12);1H4. The van der Waals surface area contributed by atoms with Crippen LogP contribution < -0.4 is 11.0 Å². The van der Waals surface area contributed by atoms with Crippen molar-refractivity contribution in [1.82, 2.24) is 0 Å². The van der Waals surface area contributed by atoms with E-state index < -0.39 is 18.0 Å². The van der Waals surface area contributed by atoms with Crippen molar-refractivity contribution in [3.8, 4) is 0 Å². The summed E-state index contributed by atoms with van der Waals surface area (Å²) < 4.78 is 18.0. The van der Waals surface area contributed by atoms with Gasteiger partial charge in [0.15, 0.2) is 0 Å². The number of rotatable bonds is 2. The first-order valence-electron chi connectivity index (χ1n) is 4.02. The summed E-state index contributed by atoms with van der Waals surface area (Å²) in [6.45, 7) is 1.57. The van der Waals surface area contributed by atoms with Gasteiger partial charge in [0.25, 0.3) is 0 Å². The highest BCUT2D eigenvalue weighted by Gasteiger charge is 2.15. The fourth-order valence-corrected chi connectivity index (χ4v) is 1.70. The van der Waals surface area contributed by atoms with Crippen LogP contribution in [-0.2, 0) is 4.74 Å². The Bertz CT molecular complexity index is 337. The van der Waals surface area contributed by atoms with Crippen molar-refractivity contribution in [2.24, 2.45) is 5.73 Å². The molecule has 1 rings (SSSR count). The summed E-state index contributed by atoms with van der Waals surface area (Å²) >= 11 is 0. The van der Waals surface area contributed by atoms with Crippen molar-refractivity contribution < 1.29 is 13.9 Å². The summed E-state index contributed by atoms with van der Waals surface area (Å²) in [6.07, 6.45) is -1.59. The van der Waals surface area contributed by atoms with E-state index in [0.29, 0.717) is 10.9 Å². The minimum atomic E-state index is -0.912. The molecule has 15 heavy (non-hydrogen) atoms. The number of carbonyl (C=O) groups is 1. The number of primary amides is 1. The molecule has 0 saturated heterocycles. The molecule has 2 atom stereocenters. The minimum absolute atomic E-state index is 0. The molecule has 0 aliphatic rings. The number of ether oxygens (including phenoxy) is 1. The molecule has 0 bridgehead atoms. The van der Waals surface area contributed by atoms with Crippen molar-refractivity contribution in [1.29, 1.82) is 0 Å². The van der Waals surface area contributed by atoms with E-state index in [0.717, 1.165) is 0 Å². The molecular weight excluding hydrogens is 216 g/mol. The predicted molar refractivity (Wildman–Crippen MR) is 61.6 cm³/mol. The zero-order chi connectivity index (χ0) is 10.7. The van der Waals surface area contributed by atoms with Crippen LogP contribution in [0.25, 0.3) is 0 Å². The van der Waals surface area contributed by atoms with Crippen molar-refractivity contribution in [3.05, 3.63) is 29.6 Å². The predicted octanol–water partition coefficient (Wildman–Crippen LogP) is 2.12. The van der Waals surface area contributed by atoms with Gasteiger partial charge in [-0.25, -0.2) is 9.18 Å². The van der Waals surface area contributed by atoms with Gasteiger partial charge in [-0.1, -0.05) is 19.6 Å². The Kier molecular flexibility index (Phi) is 5.23. The molecule has 2 unspecified atom stereocenters. The number of hydrogen-bond acceptors (Lipinski definition) is 2. The van der Waals surface area contributed by atoms with Crippen LogP contribution in [0.3, 0.4) is 0 Å². The molecule has 0 aliphatic heterocycles. The fraction of sp³-hybridized carbons (Fsp3) is 0.300. The Morgan fingerprint density at radius 2 is 2.20 bits per heavy atom. The maximum Gasteiger partial charge on any atom is 0.405 e. The topological polar surface area (TPSA) is 52.3 Å². The van der Waals surface area contributed by atoms with E-state index in [9.17, 15) is 9.18 Å². The smallest absolute Gasteiger partial charge is 0.405 e. The van der Waals surface area contributed by atoms with Crippen molar-refractivity contribution in [3.63, 3.8) is 0 Å². The number of amides is 1. The Hall–Kier alpha value is -1.15. The summed E-state index contributed by atoms with van der Waals surface area (Å²) in [5.41, 5.74) is 5.17. The van der Waals surface area contributed by atoms with Gasteiger partial charge >= 0.3 is 6.09 Å². The maximum atomic E-state index is 13.3. The fourth-order valence-electron chi connectivity index (χ4n) is 1.22. The van der Waals surface area contributed by atoms with E-state index in [4.69, 9.17) is 5.73 Å². The number of carbonyl (C=O) groups excluding carboxylic acids is 1. The van der Waals surface area contributed by atoms with Gasteiger partial charge in [-0.3, -0.25) is 0 Å². The van der Waals surface area contributed by atoms with Gasteiger partial charge < -0.3 is 10.5 Å². The first-order chi connectivity index (χ1) is 6.52. The van der Waals surface area contributed by atoms with Gasteiger partial charge in [0.2, 0.25) is 0 Å². The second-order valence-corrected chi connectivity index (χ2v) is 3.44. The SMILES string of the molecule is C.CC(OC(N)=O)c1c(F)cccc1P. The Balaban J connectivity index is 0.00000196. The van der Waals surface area contributed by atoms with Crippen molar-refractivity contribution >= 4 is 20.6 Å². The van der Waals surface area contributed by atoms with Crippen molar-refractivity contribution in [2.45, 2.75) is 20.5 Å². The molecule has 1 aromatic rings. The average molecular weight is 231 g/mol. The molecule has 0 aromatic heterocycles. The molecule has 1 amide bonds. The zero-order valence-corrected chi connectivity index (χ0v) is 8.81. The first-order valence-corrected chi connectivity index (χ1v) is 4.60. The van der Waals surface area contributed by atoms with Gasteiger partial charge in [0.1, 0.15) is 11.9 Å². The summed E-state index contributed by atoms with van der Waals surface area (Å²) in [6, 6.07) is 4.60. The molecule has 0 saturated carbocycles. The third-order valence-electron chi connectivity index (χ3n) is 1.79. The number of hydrogen-bond donors (Lipinski definition) is 1. The molecule has 0 aliphatic carbocycles. The molecule has 5 heteroatoms. The third kappa shape index (κ3) is 3.48. The van der Waals surface area contributed by atoms with E-state index in [2.05, 4.69) is 14.0 Å². The van der Waals surface area contributed by atoms with Crippen LogP contribution in [0, 0.1) is 5.82 Å². The molecular formula is C10H15FNO2P.